The molecule has 0 unspecified atom stereocenters. The predicted octanol–water partition coefficient (Wildman–Crippen LogP) is 5.52. The third kappa shape index (κ3) is 6.02. The van der Waals surface area contributed by atoms with Crippen molar-refractivity contribution in [1.29, 1.82) is 0 Å². The molecular formula is C25H26ClN3O4. The number of nitrogens with one attached hydrogen (secondary N) is 1. The van der Waals surface area contributed by atoms with Crippen molar-refractivity contribution in [1.82, 2.24) is 4.98 Å². The number of aromatic nitrogens is 1. The van der Waals surface area contributed by atoms with E-state index in [9.17, 15) is 9.59 Å². The van der Waals surface area contributed by atoms with Gasteiger partial charge in [0, 0.05) is 24.5 Å². The van der Waals surface area contributed by atoms with Crippen LogP contribution in [0.4, 0.5) is 17.2 Å². The van der Waals surface area contributed by atoms with Crippen LogP contribution < -0.4 is 15.0 Å². The Morgan fingerprint density at radius 2 is 1.82 bits per heavy atom. The first-order chi connectivity index (χ1) is 15.6. The SMILES string of the molecule is CN(c1cc(C(=O)Nc2ccc(C(C)(C)C)cc2)ccc1OCC(=O)O)c1ncccc1Cl. The largest absolute Gasteiger partial charge is 0.480 e. The van der Waals surface area contributed by atoms with E-state index in [-0.39, 0.29) is 17.1 Å². The van der Waals surface area contributed by atoms with Crippen LogP contribution in [0.3, 0.4) is 0 Å². The number of halogens is 1. The van der Waals surface area contributed by atoms with Gasteiger partial charge in [-0.1, -0.05) is 44.5 Å². The summed E-state index contributed by atoms with van der Waals surface area (Å²) >= 11 is 6.28. The zero-order valence-electron chi connectivity index (χ0n) is 18.9. The molecule has 0 fully saturated rings. The molecule has 1 heterocycles. The van der Waals surface area contributed by atoms with E-state index in [1.807, 2.05) is 24.3 Å². The number of hydrogen-bond acceptors (Lipinski definition) is 5. The van der Waals surface area contributed by atoms with E-state index in [1.54, 1.807) is 48.5 Å². The first-order valence-corrected chi connectivity index (χ1v) is 10.7. The van der Waals surface area contributed by atoms with E-state index in [0.717, 1.165) is 5.56 Å². The van der Waals surface area contributed by atoms with Crippen molar-refractivity contribution < 1.29 is 19.4 Å². The van der Waals surface area contributed by atoms with E-state index in [1.165, 1.54) is 0 Å². The number of amides is 1. The number of carboxylic acid groups (broad SMARTS) is 1. The lowest BCUT2D eigenvalue weighted by molar-refractivity contribution is -0.139. The third-order valence-electron chi connectivity index (χ3n) is 5.00. The molecule has 8 heteroatoms. The van der Waals surface area contributed by atoms with Crippen LogP contribution in [-0.2, 0) is 10.2 Å². The zero-order valence-corrected chi connectivity index (χ0v) is 19.7. The fourth-order valence-electron chi connectivity index (χ4n) is 3.18. The zero-order chi connectivity index (χ0) is 24.2. The van der Waals surface area contributed by atoms with Gasteiger partial charge in [0.15, 0.2) is 12.4 Å². The molecule has 7 nitrogen and oxygen atoms in total. The molecule has 1 amide bonds. The maximum Gasteiger partial charge on any atom is 0.341 e. The number of rotatable bonds is 7. The number of aliphatic carboxylic acids is 1. The lowest BCUT2D eigenvalue weighted by Gasteiger charge is -2.23. The van der Waals surface area contributed by atoms with Gasteiger partial charge in [0.05, 0.1) is 10.7 Å². The highest BCUT2D eigenvalue weighted by Crippen LogP contribution is 2.36. The van der Waals surface area contributed by atoms with Gasteiger partial charge in [-0.15, -0.1) is 0 Å². The maximum atomic E-state index is 12.9. The summed E-state index contributed by atoms with van der Waals surface area (Å²) in [6.45, 7) is 5.85. The lowest BCUT2D eigenvalue weighted by atomic mass is 9.87. The summed E-state index contributed by atoms with van der Waals surface area (Å²) in [5, 5.41) is 12.3. The van der Waals surface area contributed by atoms with Crippen LogP contribution >= 0.6 is 11.6 Å². The summed E-state index contributed by atoms with van der Waals surface area (Å²) in [6, 6.07) is 15.8. The molecule has 1 aromatic heterocycles. The number of anilines is 3. The molecule has 0 saturated heterocycles. The van der Waals surface area contributed by atoms with Crippen molar-refractivity contribution in [2.24, 2.45) is 0 Å². The number of carbonyl (C=O) groups is 2. The molecular weight excluding hydrogens is 442 g/mol. The number of nitrogens with zero attached hydrogens (tertiary/aromatic N) is 2. The highest BCUT2D eigenvalue weighted by atomic mass is 35.5. The predicted molar refractivity (Wildman–Crippen MR) is 130 cm³/mol. The summed E-state index contributed by atoms with van der Waals surface area (Å²) in [5.41, 5.74) is 2.66. The number of hydrogen-bond donors (Lipinski definition) is 2. The molecule has 172 valence electrons. The average Bonchev–Trinajstić information content (AvgIpc) is 2.77. The Morgan fingerprint density at radius 3 is 2.42 bits per heavy atom. The second-order valence-corrected chi connectivity index (χ2v) is 8.92. The number of pyridine rings is 1. The molecule has 2 aromatic carbocycles. The van der Waals surface area contributed by atoms with Crippen LogP contribution in [0.2, 0.25) is 5.02 Å². The van der Waals surface area contributed by atoms with Crippen molar-refractivity contribution in [3.05, 3.63) is 76.9 Å². The van der Waals surface area contributed by atoms with E-state index in [2.05, 4.69) is 31.1 Å². The third-order valence-corrected chi connectivity index (χ3v) is 5.29. The van der Waals surface area contributed by atoms with E-state index >= 15 is 0 Å². The quantitative estimate of drug-likeness (QED) is 0.475. The standard InChI is InChI=1S/C25H26ClN3O4/c1-25(2,3)17-8-10-18(11-9-17)28-24(32)16-7-12-21(33-15-22(30)31)20(14-16)29(4)23-19(26)6-5-13-27-23/h5-14H,15H2,1-4H3,(H,28,32)(H,30,31). The molecule has 0 radical (unpaired) electrons. The molecule has 0 atom stereocenters. The van der Waals surface area contributed by atoms with Crippen LogP contribution in [0.1, 0.15) is 36.7 Å². The van der Waals surface area contributed by atoms with Gasteiger partial charge >= 0.3 is 5.97 Å². The van der Waals surface area contributed by atoms with Crippen molar-refractivity contribution in [2.75, 3.05) is 23.9 Å². The highest BCUT2D eigenvalue weighted by Gasteiger charge is 2.19. The second-order valence-electron chi connectivity index (χ2n) is 8.51. The van der Waals surface area contributed by atoms with E-state index in [4.69, 9.17) is 21.4 Å². The fraction of sp³-hybridized carbons (Fsp3) is 0.240. The van der Waals surface area contributed by atoms with E-state index in [0.29, 0.717) is 27.8 Å². The topological polar surface area (TPSA) is 91.8 Å². The molecule has 0 saturated carbocycles. The van der Waals surface area contributed by atoms with Crippen LogP contribution in [-0.4, -0.2) is 35.6 Å². The number of ether oxygens (including phenoxy) is 1. The fourth-order valence-corrected chi connectivity index (χ4v) is 3.43. The smallest absolute Gasteiger partial charge is 0.341 e. The number of benzene rings is 2. The molecule has 0 bridgehead atoms. The number of carboxylic acids is 1. The molecule has 0 aliphatic carbocycles. The van der Waals surface area contributed by atoms with Crippen molar-refractivity contribution in [3.8, 4) is 5.75 Å². The maximum absolute atomic E-state index is 12.9. The highest BCUT2D eigenvalue weighted by molar-refractivity contribution is 6.33. The van der Waals surface area contributed by atoms with Gasteiger partial charge in [0.1, 0.15) is 5.75 Å². The van der Waals surface area contributed by atoms with Gasteiger partial charge in [-0.3, -0.25) is 4.79 Å². The van der Waals surface area contributed by atoms with Gasteiger partial charge in [-0.05, 0) is 53.4 Å². The lowest BCUT2D eigenvalue weighted by Crippen LogP contribution is -2.18. The van der Waals surface area contributed by atoms with Crippen molar-refractivity contribution >= 4 is 40.7 Å². The molecule has 3 aromatic rings. The minimum Gasteiger partial charge on any atom is -0.480 e. The van der Waals surface area contributed by atoms with Crippen LogP contribution in [0.25, 0.3) is 0 Å². The van der Waals surface area contributed by atoms with Crippen molar-refractivity contribution in [3.63, 3.8) is 0 Å². The summed E-state index contributed by atoms with van der Waals surface area (Å²) in [4.78, 5) is 29.9. The Morgan fingerprint density at radius 1 is 1.12 bits per heavy atom. The van der Waals surface area contributed by atoms with E-state index < -0.39 is 12.6 Å². The first kappa shape index (κ1) is 24.1. The minimum absolute atomic E-state index is 0.0144. The molecule has 3 rings (SSSR count). The number of carbonyl (C=O) groups excluding carboxylic acids is 1. The van der Waals surface area contributed by atoms with Gasteiger partial charge in [0.25, 0.3) is 5.91 Å². The van der Waals surface area contributed by atoms with Crippen molar-refractivity contribution in [2.45, 2.75) is 26.2 Å². The summed E-state index contributed by atoms with van der Waals surface area (Å²) in [6.07, 6.45) is 1.59. The van der Waals surface area contributed by atoms with Gasteiger partial charge in [-0.2, -0.15) is 0 Å². The Labute approximate surface area is 198 Å². The van der Waals surface area contributed by atoms with Gasteiger partial charge in [0.2, 0.25) is 0 Å². The Bertz CT molecular complexity index is 1160. The molecule has 0 aliphatic rings. The van der Waals surface area contributed by atoms with Crippen LogP contribution in [0.5, 0.6) is 5.75 Å². The summed E-state index contributed by atoms with van der Waals surface area (Å²) < 4.78 is 5.44. The minimum atomic E-state index is -1.11. The molecule has 0 spiro atoms. The molecule has 0 aliphatic heterocycles. The van der Waals surface area contributed by atoms with Crippen LogP contribution in [0.15, 0.2) is 60.8 Å². The molecule has 33 heavy (non-hydrogen) atoms. The summed E-state index contributed by atoms with van der Waals surface area (Å²) in [5.74, 6) is -0.701. The second kappa shape index (κ2) is 9.92. The first-order valence-electron chi connectivity index (χ1n) is 10.3. The Balaban J connectivity index is 1.91. The average molecular weight is 468 g/mol. The molecule has 2 N–H and O–H groups in total. The van der Waals surface area contributed by atoms with Gasteiger partial charge < -0.3 is 20.1 Å². The van der Waals surface area contributed by atoms with Gasteiger partial charge in [-0.25, -0.2) is 9.78 Å². The Kier molecular flexibility index (Phi) is 7.23. The van der Waals surface area contributed by atoms with Crippen LogP contribution in [0, 0.1) is 0 Å². The Hall–Kier alpha value is -3.58. The normalized spacial score (nSPS) is 11.1. The summed E-state index contributed by atoms with van der Waals surface area (Å²) in [7, 11) is 1.71. The monoisotopic (exact) mass is 467 g/mol.